The normalized spacial score (nSPS) is 10.8. The van der Waals surface area contributed by atoms with Gasteiger partial charge in [-0.2, -0.15) is 0 Å². The van der Waals surface area contributed by atoms with Gasteiger partial charge in [0, 0.05) is 0 Å². The molecule has 2 aromatic carbocycles. The van der Waals surface area contributed by atoms with Crippen LogP contribution in [0.15, 0.2) is 34.1 Å². The zero-order chi connectivity index (χ0) is 14.2. The van der Waals surface area contributed by atoms with Gasteiger partial charge in [-0.15, -0.1) is 0 Å². The van der Waals surface area contributed by atoms with Crippen molar-refractivity contribution in [3.05, 3.63) is 46.5 Å². The van der Waals surface area contributed by atoms with Crippen molar-refractivity contribution in [1.82, 2.24) is 0 Å². The molecule has 0 radical (unpaired) electrons. The Bertz CT molecular complexity index is 531. The third-order valence-electron chi connectivity index (χ3n) is 3.09. The quantitative estimate of drug-likeness (QED) is 0.560. The summed E-state index contributed by atoms with van der Waals surface area (Å²) < 4.78 is 3.09. The summed E-state index contributed by atoms with van der Waals surface area (Å²) in [5.41, 5.74) is 5.50. The van der Waals surface area contributed by atoms with Crippen LogP contribution in [0, 0.1) is 27.7 Å². The van der Waals surface area contributed by atoms with Crippen molar-refractivity contribution in [2.45, 2.75) is 37.5 Å². The molecule has 0 aliphatic heterocycles. The van der Waals surface area contributed by atoms with Crippen LogP contribution in [0.25, 0.3) is 0 Å². The maximum absolute atomic E-state index is 4.46. The second-order valence-corrected chi connectivity index (χ2v) is 8.87. The standard InChI is InChI=1S/C16H18S2Te/c1-9-5-13(17)6-10(2)15(9)19-16-11(3)7-14(18)8-12(16)4/h5-8,17-18H,1-4H3. The molecule has 0 nitrogen and oxygen atoms in total. The summed E-state index contributed by atoms with van der Waals surface area (Å²) in [5.74, 6) is 0. The first-order chi connectivity index (χ1) is 8.88. The minimum absolute atomic E-state index is 0.358. The Morgan fingerprint density at radius 3 is 1.16 bits per heavy atom. The molecule has 0 bridgehead atoms. The summed E-state index contributed by atoms with van der Waals surface area (Å²) in [5, 5.41) is 0. The van der Waals surface area contributed by atoms with E-state index in [0.29, 0.717) is 0 Å². The molecule has 3 heteroatoms. The second kappa shape index (κ2) is 6.14. The molecule has 0 saturated carbocycles. The molecule has 0 unspecified atom stereocenters. The van der Waals surface area contributed by atoms with Gasteiger partial charge < -0.3 is 0 Å². The predicted molar refractivity (Wildman–Crippen MR) is 91.4 cm³/mol. The minimum atomic E-state index is -0.358. The Morgan fingerprint density at radius 1 is 0.632 bits per heavy atom. The fraction of sp³-hybridized carbons (Fsp3) is 0.250. The average Bonchev–Trinajstić information content (AvgIpc) is 2.25. The molecule has 2 aromatic rings. The maximum atomic E-state index is 4.46. The van der Waals surface area contributed by atoms with Crippen LogP contribution in [0.5, 0.6) is 0 Å². The van der Waals surface area contributed by atoms with Crippen molar-refractivity contribution >= 4 is 53.4 Å². The molecule has 0 atom stereocenters. The number of hydrogen-bond donors (Lipinski definition) is 2. The summed E-state index contributed by atoms with van der Waals surface area (Å²) in [4.78, 5) is 2.12. The Hall–Kier alpha value is -0.0704. The van der Waals surface area contributed by atoms with Crippen LogP contribution in [-0.4, -0.2) is 20.9 Å². The predicted octanol–water partition coefficient (Wildman–Crippen LogP) is 3.15. The van der Waals surface area contributed by atoms with Gasteiger partial charge in [-0.3, -0.25) is 0 Å². The SMILES string of the molecule is Cc1cc(S)cc(C)c1[Te]c1c(C)cc(S)cc1C. The Morgan fingerprint density at radius 2 is 0.895 bits per heavy atom. The molecule has 0 aliphatic rings. The Kier molecular flexibility index (Phi) is 4.95. The van der Waals surface area contributed by atoms with Crippen LogP contribution < -0.4 is 7.22 Å². The van der Waals surface area contributed by atoms with Crippen LogP contribution in [0.4, 0.5) is 0 Å². The van der Waals surface area contributed by atoms with E-state index >= 15 is 0 Å². The molecule has 19 heavy (non-hydrogen) atoms. The van der Waals surface area contributed by atoms with Gasteiger partial charge in [0.25, 0.3) is 0 Å². The number of rotatable bonds is 2. The topological polar surface area (TPSA) is 0 Å². The van der Waals surface area contributed by atoms with Gasteiger partial charge in [-0.05, 0) is 0 Å². The summed E-state index contributed by atoms with van der Waals surface area (Å²) in [6.45, 7) is 8.80. The van der Waals surface area contributed by atoms with Gasteiger partial charge in [0.15, 0.2) is 0 Å². The van der Waals surface area contributed by atoms with Crippen LogP contribution in [0.1, 0.15) is 22.3 Å². The van der Waals surface area contributed by atoms with Crippen LogP contribution >= 0.6 is 25.3 Å². The van der Waals surface area contributed by atoms with E-state index in [-0.39, 0.29) is 20.9 Å². The van der Waals surface area contributed by atoms with Crippen molar-refractivity contribution in [3.63, 3.8) is 0 Å². The molecule has 0 aliphatic carbocycles. The van der Waals surface area contributed by atoms with Crippen molar-refractivity contribution in [1.29, 1.82) is 0 Å². The van der Waals surface area contributed by atoms with Crippen molar-refractivity contribution < 1.29 is 0 Å². The van der Waals surface area contributed by atoms with Gasteiger partial charge in [-0.25, -0.2) is 0 Å². The molecular weight excluding hydrogens is 384 g/mol. The van der Waals surface area contributed by atoms with E-state index in [0.717, 1.165) is 9.79 Å². The molecule has 0 amide bonds. The summed E-state index contributed by atoms with van der Waals surface area (Å²) in [7, 11) is 0. The zero-order valence-electron chi connectivity index (χ0n) is 11.6. The molecule has 0 N–H and O–H groups in total. The van der Waals surface area contributed by atoms with Gasteiger partial charge in [0.2, 0.25) is 0 Å². The van der Waals surface area contributed by atoms with Crippen molar-refractivity contribution in [3.8, 4) is 0 Å². The number of aryl methyl sites for hydroxylation is 4. The Balaban J connectivity index is 2.48. The van der Waals surface area contributed by atoms with E-state index in [1.54, 1.807) is 7.22 Å². The molecule has 2 rings (SSSR count). The molecule has 0 fully saturated rings. The van der Waals surface area contributed by atoms with Gasteiger partial charge in [-0.1, -0.05) is 0 Å². The molecular formula is C16H18S2Te. The average molecular weight is 402 g/mol. The molecule has 0 heterocycles. The summed E-state index contributed by atoms with van der Waals surface area (Å²) in [6, 6.07) is 8.70. The van der Waals surface area contributed by atoms with E-state index in [1.807, 2.05) is 0 Å². The van der Waals surface area contributed by atoms with Crippen molar-refractivity contribution in [2.24, 2.45) is 0 Å². The molecule has 100 valence electrons. The van der Waals surface area contributed by atoms with Gasteiger partial charge in [0.1, 0.15) is 0 Å². The van der Waals surface area contributed by atoms with E-state index in [1.165, 1.54) is 22.3 Å². The fourth-order valence-corrected chi connectivity index (χ4v) is 6.15. The molecule has 0 aromatic heterocycles. The second-order valence-electron chi connectivity index (χ2n) is 4.92. The Labute approximate surface area is 136 Å². The zero-order valence-corrected chi connectivity index (χ0v) is 15.7. The summed E-state index contributed by atoms with van der Waals surface area (Å²) >= 11 is 8.55. The third kappa shape index (κ3) is 3.52. The van der Waals surface area contributed by atoms with Crippen LogP contribution in [-0.2, 0) is 0 Å². The first-order valence-corrected chi connectivity index (χ1v) is 9.39. The van der Waals surface area contributed by atoms with Gasteiger partial charge in [0.05, 0.1) is 0 Å². The van der Waals surface area contributed by atoms with E-state index < -0.39 is 0 Å². The van der Waals surface area contributed by atoms with E-state index in [2.05, 4.69) is 77.2 Å². The molecule has 0 spiro atoms. The third-order valence-corrected chi connectivity index (χ3v) is 8.45. The first-order valence-electron chi connectivity index (χ1n) is 6.16. The van der Waals surface area contributed by atoms with Crippen LogP contribution in [0.2, 0.25) is 0 Å². The number of hydrogen-bond acceptors (Lipinski definition) is 2. The first kappa shape index (κ1) is 15.3. The van der Waals surface area contributed by atoms with Gasteiger partial charge >= 0.3 is 137 Å². The van der Waals surface area contributed by atoms with Crippen LogP contribution in [0.3, 0.4) is 0 Å². The monoisotopic (exact) mass is 404 g/mol. The van der Waals surface area contributed by atoms with E-state index in [4.69, 9.17) is 0 Å². The summed E-state index contributed by atoms with van der Waals surface area (Å²) in [6.07, 6.45) is 0. The molecule has 0 saturated heterocycles. The van der Waals surface area contributed by atoms with Crippen molar-refractivity contribution in [2.75, 3.05) is 0 Å². The van der Waals surface area contributed by atoms with E-state index in [9.17, 15) is 0 Å². The number of thiol groups is 2. The fourth-order valence-electron chi connectivity index (χ4n) is 2.28. The number of benzene rings is 2.